The van der Waals surface area contributed by atoms with Crippen LogP contribution in [0.15, 0.2) is 39.5 Å². The normalized spacial score (nSPS) is 32.5. The third-order valence-corrected chi connectivity index (χ3v) is 7.51. The van der Waals surface area contributed by atoms with E-state index in [9.17, 15) is 50.8 Å². The van der Waals surface area contributed by atoms with E-state index in [1.807, 2.05) is 0 Å². The van der Waals surface area contributed by atoms with Crippen LogP contribution in [0, 0.1) is 0 Å². The summed E-state index contributed by atoms with van der Waals surface area (Å²) in [7, 11) is 1.27. The van der Waals surface area contributed by atoms with E-state index in [2.05, 4.69) is 0 Å². The summed E-state index contributed by atoms with van der Waals surface area (Å²) in [6, 6.07) is 5.99. The van der Waals surface area contributed by atoms with Crippen molar-refractivity contribution in [1.82, 2.24) is 0 Å². The number of aliphatic hydroxyl groups is 6. The van der Waals surface area contributed by atoms with E-state index in [4.69, 9.17) is 28.1 Å². The first-order valence-electron chi connectivity index (χ1n) is 13.4. The Morgan fingerprint density at radius 2 is 1.48 bits per heavy atom. The number of fused-ring (bicyclic) bond motifs is 1. The van der Waals surface area contributed by atoms with Crippen molar-refractivity contribution in [3.05, 3.63) is 40.6 Å². The average molecular weight is 625 g/mol. The van der Waals surface area contributed by atoms with Crippen LogP contribution < -0.4 is 14.9 Å². The number of phenols is 2. The lowest BCUT2D eigenvalue weighted by Gasteiger charge is -2.42. The quantitative estimate of drug-likeness (QED) is 0.147. The minimum Gasteiger partial charge on any atom is -0.508 e. The second-order valence-electron chi connectivity index (χ2n) is 10.5. The van der Waals surface area contributed by atoms with Crippen LogP contribution in [0.2, 0.25) is 0 Å². The maximum atomic E-state index is 12.7. The maximum absolute atomic E-state index is 12.7. The molecule has 0 amide bonds. The van der Waals surface area contributed by atoms with Gasteiger partial charge in [0.2, 0.25) is 17.5 Å². The van der Waals surface area contributed by atoms with Crippen molar-refractivity contribution in [2.24, 2.45) is 0 Å². The molecule has 3 heterocycles. The molecule has 3 aromatic rings. The molecule has 16 nitrogen and oxygen atoms in total. The van der Waals surface area contributed by atoms with E-state index in [1.165, 1.54) is 32.2 Å². The van der Waals surface area contributed by atoms with Gasteiger partial charge in [-0.25, -0.2) is 0 Å². The zero-order valence-corrected chi connectivity index (χ0v) is 23.3. The number of phenolic OH excluding ortho intramolecular Hbond substituents is 2. The summed E-state index contributed by atoms with van der Waals surface area (Å²) in [5.41, 5.74) is -1.04. The second kappa shape index (κ2) is 12.4. The molecule has 5 rings (SSSR count). The molecular formula is C28H32O16. The molecule has 0 aliphatic carbocycles. The average Bonchev–Trinajstić information content (AvgIpc) is 2.99. The molecule has 2 saturated heterocycles. The summed E-state index contributed by atoms with van der Waals surface area (Å²) < 4.78 is 33.2. The van der Waals surface area contributed by atoms with Crippen LogP contribution in [0.5, 0.6) is 28.7 Å². The third kappa shape index (κ3) is 5.74. The highest BCUT2D eigenvalue weighted by molar-refractivity contribution is 5.88. The molecule has 0 unspecified atom stereocenters. The van der Waals surface area contributed by atoms with Crippen LogP contribution in [0.25, 0.3) is 22.3 Å². The minimum absolute atomic E-state index is 0.00660. The molecule has 0 saturated carbocycles. The molecule has 2 fully saturated rings. The summed E-state index contributed by atoms with van der Waals surface area (Å²) >= 11 is 0. The highest BCUT2D eigenvalue weighted by Gasteiger charge is 2.47. The van der Waals surface area contributed by atoms with Crippen molar-refractivity contribution < 1.29 is 74.1 Å². The Hall–Kier alpha value is -3.71. The molecule has 0 radical (unpaired) electrons. The van der Waals surface area contributed by atoms with Gasteiger partial charge in [0.15, 0.2) is 23.5 Å². The van der Waals surface area contributed by atoms with Gasteiger partial charge in [0.1, 0.15) is 65.2 Å². The molecule has 240 valence electrons. The van der Waals surface area contributed by atoms with E-state index >= 15 is 0 Å². The van der Waals surface area contributed by atoms with Crippen molar-refractivity contribution in [3.63, 3.8) is 0 Å². The molecular weight excluding hydrogens is 592 g/mol. The van der Waals surface area contributed by atoms with Gasteiger partial charge in [-0.05, 0) is 25.1 Å². The molecule has 2 aliphatic rings. The highest BCUT2D eigenvalue weighted by atomic mass is 16.7. The molecule has 0 bridgehead atoms. The molecule has 16 heteroatoms. The smallest absolute Gasteiger partial charge is 0.238 e. The van der Waals surface area contributed by atoms with Gasteiger partial charge >= 0.3 is 0 Å². The van der Waals surface area contributed by atoms with Crippen molar-refractivity contribution in [1.29, 1.82) is 0 Å². The lowest BCUT2D eigenvalue weighted by Crippen LogP contribution is -2.61. The summed E-state index contributed by atoms with van der Waals surface area (Å²) in [5.74, 6) is -2.17. The lowest BCUT2D eigenvalue weighted by molar-refractivity contribution is -0.318. The Bertz CT molecular complexity index is 1560. The number of ether oxygens (including phenoxy) is 5. The van der Waals surface area contributed by atoms with Crippen molar-refractivity contribution >= 4 is 11.0 Å². The first-order chi connectivity index (χ1) is 20.8. The fraction of sp³-hybridized carbons (Fsp3) is 0.464. The zero-order valence-electron chi connectivity index (χ0n) is 23.3. The molecule has 2 aromatic carbocycles. The van der Waals surface area contributed by atoms with Crippen LogP contribution in [0.3, 0.4) is 0 Å². The van der Waals surface area contributed by atoms with E-state index in [0.29, 0.717) is 0 Å². The Balaban J connectivity index is 1.36. The van der Waals surface area contributed by atoms with Gasteiger partial charge in [0, 0.05) is 17.7 Å². The predicted molar refractivity (Wildman–Crippen MR) is 145 cm³/mol. The Labute approximate surface area is 248 Å². The lowest BCUT2D eigenvalue weighted by atomic mass is 9.98. The van der Waals surface area contributed by atoms with Gasteiger partial charge in [-0.3, -0.25) is 4.79 Å². The van der Waals surface area contributed by atoms with E-state index in [1.54, 1.807) is 0 Å². The van der Waals surface area contributed by atoms with Crippen LogP contribution in [0.1, 0.15) is 6.92 Å². The number of hydrogen-bond acceptors (Lipinski definition) is 16. The summed E-state index contributed by atoms with van der Waals surface area (Å²) in [6.45, 7) is 0.957. The Morgan fingerprint density at radius 1 is 0.795 bits per heavy atom. The van der Waals surface area contributed by atoms with Gasteiger partial charge in [0.05, 0.1) is 19.8 Å². The fourth-order valence-electron chi connectivity index (χ4n) is 4.99. The van der Waals surface area contributed by atoms with Gasteiger partial charge in [-0.1, -0.05) is 0 Å². The van der Waals surface area contributed by atoms with Crippen LogP contribution in [-0.4, -0.2) is 121 Å². The predicted octanol–water partition coefficient (Wildman–Crippen LogP) is -1.38. The number of benzene rings is 2. The fourth-order valence-corrected chi connectivity index (χ4v) is 4.99. The molecule has 9 N–H and O–H groups in total. The Morgan fingerprint density at radius 3 is 2.18 bits per heavy atom. The Kier molecular flexibility index (Phi) is 8.90. The number of hydrogen-bond donors (Lipinski definition) is 9. The maximum Gasteiger partial charge on any atom is 0.238 e. The van der Waals surface area contributed by atoms with Crippen LogP contribution >= 0.6 is 0 Å². The summed E-state index contributed by atoms with van der Waals surface area (Å²) in [6.07, 6.45) is -15.0. The van der Waals surface area contributed by atoms with Crippen LogP contribution in [0.4, 0.5) is 0 Å². The SMILES string of the molecule is COc1cc(-c2oc3cc(O)cc(O)c3c(=O)c2O)ccc1O[C@@H]1O[C@H](CO[C@@H]2O[C@@H](C)[C@H](O)[C@@H](O)[C@H]2O)[C@@H](O)[C@H](O)[C@H]1O. The standard InChI is InChI=1S/C28H32O16/c1-9-18(31)21(34)24(37)27(41-9)40-8-16-19(32)22(35)25(38)28(44-16)43-13-4-3-10(5-14(13)39-2)26-23(36)20(33)17-12(30)6-11(29)7-15(17)42-26/h3-7,9,16,18-19,21-22,24-25,27-32,34-38H,8H2,1-2H3/t9-,16+,18-,19+,21+,22-,24+,25+,27+,28+/m0/s1. The first kappa shape index (κ1) is 31.7. The largest absolute Gasteiger partial charge is 0.508 e. The molecule has 44 heavy (non-hydrogen) atoms. The molecule has 10 atom stereocenters. The van der Waals surface area contributed by atoms with Crippen molar-refractivity contribution in [2.75, 3.05) is 13.7 Å². The molecule has 1 aromatic heterocycles. The summed E-state index contributed by atoms with van der Waals surface area (Å²) in [5, 5.41) is 91.6. The zero-order chi connectivity index (χ0) is 32.0. The molecule has 2 aliphatic heterocycles. The van der Waals surface area contributed by atoms with Gasteiger partial charge in [-0.15, -0.1) is 0 Å². The van der Waals surface area contributed by atoms with Crippen molar-refractivity contribution in [3.8, 4) is 40.1 Å². The number of aromatic hydroxyl groups is 3. The van der Waals surface area contributed by atoms with Gasteiger partial charge in [-0.2, -0.15) is 0 Å². The summed E-state index contributed by atoms with van der Waals surface area (Å²) in [4.78, 5) is 12.7. The number of methoxy groups -OCH3 is 1. The minimum atomic E-state index is -1.77. The van der Waals surface area contributed by atoms with E-state index in [0.717, 1.165) is 12.1 Å². The monoisotopic (exact) mass is 624 g/mol. The van der Waals surface area contributed by atoms with Gasteiger partial charge in [0.25, 0.3) is 0 Å². The van der Waals surface area contributed by atoms with Crippen LogP contribution in [-0.2, 0) is 14.2 Å². The number of rotatable bonds is 7. The third-order valence-electron chi connectivity index (χ3n) is 7.51. The van der Waals surface area contributed by atoms with E-state index in [-0.39, 0.29) is 39.5 Å². The van der Waals surface area contributed by atoms with Crippen molar-refractivity contribution in [2.45, 2.75) is 68.3 Å². The van der Waals surface area contributed by atoms with Gasteiger partial charge < -0.3 is 74.1 Å². The highest BCUT2D eigenvalue weighted by Crippen LogP contribution is 2.39. The second-order valence-corrected chi connectivity index (χ2v) is 10.5. The molecule has 0 spiro atoms. The topological polar surface area (TPSA) is 258 Å². The van der Waals surface area contributed by atoms with E-state index < -0.39 is 84.9 Å². The number of aliphatic hydroxyl groups excluding tert-OH is 6. The first-order valence-corrected chi connectivity index (χ1v) is 13.4.